The van der Waals surface area contributed by atoms with Gasteiger partial charge in [-0.05, 0) is 47.9 Å². The number of hydrogen-bond donors (Lipinski definition) is 2. The number of aromatic nitrogens is 2. The van der Waals surface area contributed by atoms with Gasteiger partial charge < -0.3 is 15.4 Å². The lowest BCUT2D eigenvalue weighted by molar-refractivity contribution is 0.106. The molecule has 1 unspecified atom stereocenters. The highest BCUT2D eigenvalue weighted by atomic mass is 19.1. The van der Waals surface area contributed by atoms with E-state index in [2.05, 4.69) is 45.0 Å². The number of aliphatic imine (C=N–C) groups is 1. The molecule has 3 aromatic rings. The average Bonchev–Trinajstić information content (AvgIpc) is 3.29. The van der Waals surface area contributed by atoms with E-state index in [1.807, 2.05) is 16.9 Å². The van der Waals surface area contributed by atoms with E-state index < -0.39 is 0 Å². The van der Waals surface area contributed by atoms with Crippen molar-refractivity contribution < 1.29 is 9.13 Å². The SMILES string of the molecule is CN=C(NCCc1ccc(-n2cccn2)cc1)NCC(OC)c1ccc(F)cc1. The predicted molar refractivity (Wildman–Crippen MR) is 113 cm³/mol. The Bertz CT molecular complexity index is 892. The fraction of sp³-hybridized carbons (Fsp3) is 0.273. The van der Waals surface area contributed by atoms with E-state index in [0.717, 1.165) is 24.2 Å². The van der Waals surface area contributed by atoms with Gasteiger partial charge in [0.15, 0.2) is 5.96 Å². The summed E-state index contributed by atoms with van der Waals surface area (Å²) in [5, 5.41) is 10.8. The summed E-state index contributed by atoms with van der Waals surface area (Å²) in [6.45, 7) is 1.27. The van der Waals surface area contributed by atoms with Crippen LogP contribution in [0.2, 0.25) is 0 Å². The normalized spacial score (nSPS) is 12.6. The third kappa shape index (κ3) is 5.89. The third-order valence-electron chi connectivity index (χ3n) is 4.62. The van der Waals surface area contributed by atoms with Crippen molar-refractivity contribution in [2.45, 2.75) is 12.5 Å². The summed E-state index contributed by atoms with van der Waals surface area (Å²) >= 11 is 0. The number of nitrogens with zero attached hydrogens (tertiary/aromatic N) is 3. The Kier molecular flexibility index (Phi) is 7.35. The summed E-state index contributed by atoms with van der Waals surface area (Å²) in [5.41, 5.74) is 3.18. The Labute approximate surface area is 170 Å². The molecule has 6 nitrogen and oxygen atoms in total. The van der Waals surface area contributed by atoms with Crippen LogP contribution >= 0.6 is 0 Å². The minimum Gasteiger partial charge on any atom is -0.375 e. The molecule has 152 valence electrons. The molecule has 7 heteroatoms. The molecule has 2 aromatic carbocycles. The Balaban J connectivity index is 1.46. The lowest BCUT2D eigenvalue weighted by Crippen LogP contribution is -2.40. The molecule has 1 heterocycles. The quantitative estimate of drug-likeness (QED) is 0.454. The van der Waals surface area contributed by atoms with Crippen LogP contribution in [0.3, 0.4) is 0 Å². The van der Waals surface area contributed by atoms with Gasteiger partial charge in [-0.1, -0.05) is 24.3 Å². The molecule has 0 saturated carbocycles. The number of nitrogens with one attached hydrogen (secondary N) is 2. The fourth-order valence-electron chi connectivity index (χ4n) is 2.99. The maximum Gasteiger partial charge on any atom is 0.191 e. The molecular weight excluding hydrogens is 369 g/mol. The second-order valence-corrected chi connectivity index (χ2v) is 6.52. The van der Waals surface area contributed by atoms with E-state index in [1.54, 1.807) is 32.5 Å². The van der Waals surface area contributed by atoms with Gasteiger partial charge in [0.05, 0.1) is 11.8 Å². The highest BCUT2D eigenvalue weighted by Gasteiger charge is 2.11. The second kappa shape index (κ2) is 10.4. The maximum absolute atomic E-state index is 13.1. The van der Waals surface area contributed by atoms with Crippen molar-refractivity contribution in [2.75, 3.05) is 27.2 Å². The summed E-state index contributed by atoms with van der Waals surface area (Å²) in [6, 6.07) is 16.6. The number of halogens is 1. The van der Waals surface area contributed by atoms with Crippen LogP contribution in [-0.2, 0) is 11.2 Å². The Morgan fingerprint density at radius 2 is 1.90 bits per heavy atom. The van der Waals surface area contributed by atoms with E-state index in [9.17, 15) is 4.39 Å². The second-order valence-electron chi connectivity index (χ2n) is 6.52. The molecule has 0 saturated heterocycles. The predicted octanol–water partition coefficient (Wildman–Crippen LogP) is 3.11. The fourth-order valence-corrected chi connectivity index (χ4v) is 2.99. The first-order chi connectivity index (χ1) is 14.2. The zero-order valence-electron chi connectivity index (χ0n) is 16.7. The summed E-state index contributed by atoms with van der Waals surface area (Å²) in [7, 11) is 3.37. The smallest absolute Gasteiger partial charge is 0.191 e. The topological polar surface area (TPSA) is 63.5 Å². The average molecular weight is 395 g/mol. The minimum atomic E-state index is -0.258. The molecule has 2 N–H and O–H groups in total. The Morgan fingerprint density at radius 1 is 1.14 bits per heavy atom. The Morgan fingerprint density at radius 3 is 2.52 bits per heavy atom. The summed E-state index contributed by atoms with van der Waals surface area (Å²) < 4.78 is 20.5. The van der Waals surface area contributed by atoms with E-state index >= 15 is 0 Å². The summed E-state index contributed by atoms with van der Waals surface area (Å²) in [6.07, 6.45) is 4.36. The van der Waals surface area contributed by atoms with Crippen molar-refractivity contribution in [3.63, 3.8) is 0 Å². The molecule has 1 aromatic heterocycles. The monoisotopic (exact) mass is 395 g/mol. The number of ether oxygens (including phenoxy) is 1. The van der Waals surface area contributed by atoms with Crippen LogP contribution in [0.4, 0.5) is 4.39 Å². The van der Waals surface area contributed by atoms with Gasteiger partial charge in [-0.2, -0.15) is 5.10 Å². The van der Waals surface area contributed by atoms with Crippen LogP contribution in [0.1, 0.15) is 17.2 Å². The minimum absolute atomic E-state index is 0.191. The van der Waals surface area contributed by atoms with Crippen molar-refractivity contribution in [1.82, 2.24) is 20.4 Å². The lowest BCUT2D eigenvalue weighted by Gasteiger charge is -2.19. The van der Waals surface area contributed by atoms with E-state index in [0.29, 0.717) is 12.5 Å². The van der Waals surface area contributed by atoms with Gasteiger partial charge in [-0.25, -0.2) is 9.07 Å². The Hall–Kier alpha value is -3.19. The lowest BCUT2D eigenvalue weighted by atomic mass is 10.1. The summed E-state index contributed by atoms with van der Waals surface area (Å²) in [5.74, 6) is 0.439. The van der Waals surface area contributed by atoms with Gasteiger partial charge in [0.25, 0.3) is 0 Å². The van der Waals surface area contributed by atoms with E-state index in [1.165, 1.54) is 17.7 Å². The van der Waals surface area contributed by atoms with Crippen molar-refractivity contribution in [2.24, 2.45) is 4.99 Å². The molecule has 29 heavy (non-hydrogen) atoms. The van der Waals surface area contributed by atoms with Gasteiger partial charge in [-0.3, -0.25) is 4.99 Å². The van der Waals surface area contributed by atoms with Gasteiger partial charge in [0.2, 0.25) is 0 Å². The van der Waals surface area contributed by atoms with Gasteiger partial charge in [0.1, 0.15) is 5.82 Å². The number of rotatable bonds is 8. The highest BCUT2D eigenvalue weighted by Crippen LogP contribution is 2.16. The van der Waals surface area contributed by atoms with E-state index in [-0.39, 0.29) is 11.9 Å². The molecule has 0 aliphatic heterocycles. The standard InChI is InChI=1S/C22H26FN5O/c1-24-22(26-16-21(29-2)18-6-8-19(23)9-7-18)25-14-12-17-4-10-20(11-5-17)28-15-3-13-27-28/h3-11,13,15,21H,12,14,16H2,1-2H3,(H2,24,25,26). The molecule has 0 aliphatic rings. The maximum atomic E-state index is 13.1. The largest absolute Gasteiger partial charge is 0.375 e. The van der Waals surface area contributed by atoms with Gasteiger partial charge in [-0.15, -0.1) is 0 Å². The first-order valence-electron chi connectivity index (χ1n) is 9.51. The van der Waals surface area contributed by atoms with Crippen LogP contribution in [0, 0.1) is 5.82 Å². The molecule has 0 aliphatic carbocycles. The van der Waals surface area contributed by atoms with Gasteiger partial charge in [0, 0.05) is 39.6 Å². The highest BCUT2D eigenvalue weighted by molar-refractivity contribution is 5.79. The first-order valence-corrected chi connectivity index (χ1v) is 9.51. The number of benzene rings is 2. The molecule has 3 rings (SSSR count). The molecule has 0 amide bonds. The van der Waals surface area contributed by atoms with Crippen LogP contribution in [0.25, 0.3) is 5.69 Å². The zero-order valence-corrected chi connectivity index (χ0v) is 16.7. The van der Waals surface area contributed by atoms with Crippen LogP contribution in [0.5, 0.6) is 0 Å². The van der Waals surface area contributed by atoms with Crippen molar-refractivity contribution >= 4 is 5.96 Å². The molecule has 1 atom stereocenters. The molecule has 0 bridgehead atoms. The van der Waals surface area contributed by atoms with Crippen molar-refractivity contribution in [3.05, 3.63) is 83.9 Å². The van der Waals surface area contributed by atoms with Crippen molar-refractivity contribution in [1.29, 1.82) is 0 Å². The zero-order chi connectivity index (χ0) is 20.5. The molecule has 0 spiro atoms. The van der Waals surface area contributed by atoms with E-state index in [4.69, 9.17) is 4.74 Å². The van der Waals surface area contributed by atoms with Crippen LogP contribution < -0.4 is 10.6 Å². The summed E-state index contributed by atoms with van der Waals surface area (Å²) in [4.78, 5) is 4.25. The molecular formula is C22H26FN5O. The van der Waals surface area contributed by atoms with Gasteiger partial charge >= 0.3 is 0 Å². The number of methoxy groups -OCH3 is 1. The van der Waals surface area contributed by atoms with Crippen molar-refractivity contribution in [3.8, 4) is 5.69 Å². The van der Waals surface area contributed by atoms with Crippen LogP contribution in [-0.4, -0.2) is 43.0 Å². The molecule has 0 fully saturated rings. The number of hydrogen-bond acceptors (Lipinski definition) is 3. The third-order valence-corrected chi connectivity index (χ3v) is 4.62. The molecule has 0 radical (unpaired) electrons. The first kappa shape index (κ1) is 20.5. The van der Waals surface area contributed by atoms with Crippen LogP contribution in [0.15, 0.2) is 72.0 Å². The number of guanidine groups is 1.